The van der Waals surface area contributed by atoms with Crippen LogP contribution >= 0.6 is 0 Å². The minimum Gasteiger partial charge on any atom is -0.348 e. The van der Waals surface area contributed by atoms with Crippen molar-refractivity contribution in [3.8, 4) is 0 Å². The van der Waals surface area contributed by atoms with Crippen molar-refractivity contribution in [1.82, 2.24) is 0 Å². The van der Waals surface area contributed by atoms with Crippen molar-refractivity contribution in [3.63, 3.8) is 0 Å². The molecule has 0 amide bonds. The van der Waals surface area contributed by atoms with Gasteiger partial charge in [0.15, 0.2) is 5.79 Å². The molecule has 0 aliphatic carbocycles. The van der Waals surface area contributed by atoms with E-state index in [1.54, 1.807) is 0 Å². The average Bonchev–Trinajstić information content (AvgIpc) is 2.12. The Morgan fingerprint density at radius 3 is 2.30 bits per heavy atom. The van der Waals surface area contributed by atoms with Crippen LogP contribution in [0.1, 0.15) is 13.3 Å². The molecule has 0 aromatic heterocycles. The molecule has 0 aromatic rings. The third kappa shape index (κ3) is 1.88. The first-order valence-electron chi connectivity index (χ1n) is 3.18. The normalized spacial score (nSPS) is 24.0. The first-order valence-corrected chi connectivity index (χ1v) is 3.18. The van der Waals surface area contributed by atoms with Crippen LogP contribution in [-0.2, 0) is 9.47 Å². The maximum atomic E-state index is 11.8. The van der Waals surface area contributed by atoms with Crippen molar-refractivity contribution in [2.75, 3.05) is 13.2 Å². The van der Waals surface area contributed by atoms with Gasteiger partial charge in [-0.25, -0.2) is 8.78 Å². The quantitative estimate of drug-likeness (QED) is 0.595. The summed E-state index contributed by atoms with van der Waals surface area (Å²) >= 11 is 0. The third-order valence-corrected chi connectivity index (χ3v) is 1.42. The molecule has 1 saturated heterocycles. The number of hydrogen-bond acceptors (Lipinski definition) is 2. The number of ether oxygens (including phenoxy) is 2. The number of rotatable bonds is 2. The van der Waals surface area contributed by atoms with E-state index < -0.39 is 12.2 Å². The van der Waals surface area contributed by atoms with Crippen LogP contribution in [0.2, 0.25) is 0 Å². The summed E-state index contributed by atoms with van der Waals surface area (Å²) in [6.45, 7) is 2.37. The van der Waals surface area contributed by atoms with Crippen LogP contribution in [0.4, 0.5) is 8.78 Å². The molecule has 0 aromatic carbocycles. The van der Waals surface area contributed by atoms with Gasteiger partial charge in [0.05, 0.1) is 19.6 Å². The molecular formula is C6H10F2O2. The van der Waals surface area contributed by atoms with Crippen molar-refractivity contribution >= 4 is 0 Å². The van der Waals surface area contributed by atoms with E-state index in [0.29, 0.717) is 13.2 Å². The van der Waals surface area contributed by atoms with Gasteiger partial charge in [-0.2, -0.15) is 0 Å². The molecule has 1 fully saturated rings. The van der Waals surface area contributed by atoms with E-state index in [2.05, 4.69) is 0 Å². The topological polar surface area (TPSA) is 18.5 Å². The molecule has 10 heavy (non-hydrogen) atoms. The summed E-state index contributed by atoms with van der Waals surface area (Å²) in [6.07, 6.45) is -2.70. The van der Waals surface area contributed by atoms with Crippen molar-refractivity contribution in [3.05, 3.63) is 0 Å². The van der Waals surface area contributed by atoms with Crippen molar-refractivity contribution < 1.29 is 18.3 Å². The molecule has 0 N–H and O–H groups in total. The van der Waals surface area contributed by atoms with Crippen molar-refractivity contribution in [1.29, 1.82) is 0 Å². The molecule has 1 heterocycles. The average molecular weight is 152 g/mol. The lowest BCUT2D eigenvalue weighted by Crippen LogP contribution is -2.28. The third-order valence-electron chi connectivity index (χ3n) is 1.42. The Kier molecular flexibility index (Phi) is 2.21. The van der Waals surface area contributed by atoms with Crippen LogP contribution in [0.5, 0.6) is 0 Å². The van der Waals surface area contributed by atoms with Gasteiger partial charge in [0.2, 0.25) is 6.43 Å². The van der Waals surface area contributed by atoms with Crippen LogP contribution in [0.3, 0.4) is 0 Å². The van der Waals surface area contributed by atoms with E-state index in [4.69, 9.17) is 9.47 Å². The maximum absolute atomic E-state index is 11.8. The Bertz CT molecular complexity index is 110. The molecule has 0 saturated carbocycles. The highest BCUT2D eigenvalue weighted by atomic mass is 19.3. The molecule has 1 aliphatic heterocycles. The lowest BCUT2D eigenvalue weighted by Gasteiger charge is -2.20. The van der Waals surface area contributed by atoms with Crippen LogP contribution in [0.15, 0.2) is 0 Å². The van der Waals surface area contributed by atoms with E-state index in [9.17, 15) is 8.78 Å². The van der Waals surface area contributed by atoms with Gasteiger partial charge in [0.25, 0.3) is 0 Å². The molecular weight excluding hydrogens is 142 g/mol. The zero-order valence-corrected chi connectivity index (χ0v) is 5.77. The van der Waals surface area contributed by atoms with Crippen molar-refractivity contribution in [2.45, 2.75) is 25.6 Å². The van der Waals surface area contributed by atoms with Crippen LogP contribution in [0.25, 0.3) is 0 Å². The summed E-state index contributed by atoms with van der Waals surface area (Å²) in [4.78, 5) is 0. The van der Waals surface area contributed by atoms with E-state index >= 15 is 0 Å². The van der Waals surface area contributed by atoms with Gasteiger partial charge in [0, 0.05) is 0 Å². The Morgan fingerprint density at radius 2 is 1.90 bits per heavy atom. The van der Waals surface area contributed by atoms with E-state index in [-0.39, 0.29) is 6.42 Å². The summed E-state index contributed by atoms with van der Waals surface area (Å²) in [6, 6.07) is 0. The van der Waals surface area contributed by atoms with Gasteiger partial charge in [-0.1, -0.05) is 0 Å². The largest absolute Gasteiger partial charge is 0.348 e. The lowest BCUT2D eigenvalue weighted by atomic mass is 10.2. The SMILES string of the molecule is CC1(CC(F)F)OCCO1. The second-order valence-electron chi connectivity index (χ2n) is 2.43. The van der Waals surface area contributed by atoms with Crippen LogP contribution in [-0.4, -0.2) is 25.4 Å². The summed E-state index contributed by atoms with van der Waals surface area (Å²) in [5.74, 6) is -1.03. The molecule has 0 unspecified atom stereocenters. The summed E-state index contributed by atoms with van der Waals surface area (Å²) in [7, 11) is 0. The monoisotopic (exact) mass is 152 g/mol. The highest BCUT2D eigenvalue weighted by molar-refractivity contribution is 4.68. The molecule has 0 radical (unpaired) electrons. The number of hydrogen-bond donors (Lipinski definition) is 0. The van der Waals surface area contributed by atoms with Gasteiger partial charge in [0.1, 0.15) is 0 Å². The van der Waals surface area contributed by atoms with Gasteiger partial charge in [-0.15, -0.1) is 0 Å². The first-order chi connectivity index (χ1) is 4.62. The number of alkyl halides is 2. The summed E-state index contributed by atoms with van der Waals surface area (Å²) in [5, 5.41) is 0. The minimum absolute atomic E-state index is 0.340. The van der Waals surface area contributed by atoms with E-state index in [1.165, 1.54) is 6.92 Å². The molecule has 0 spiro atoms. The lowest BCUT2D eigenvalue weighted by molar-refractivity contribution is -0.166. The predicted molar refractivity (Wildman–Crippen MR) is 30.9 cm³/mol. The van der Waals surface area contributed by atoms with Gasteiger partial charge < -0.3 is 9.47 Å². The highest BCUT2D eigenvalue weighted by Crippen LogP contribution is 2.25. The Hall–Kier alpha value is -0.220. The highest BCUT2D eigenvalue weighted by Gasteiger charge is 2.33. The minimum atomic E-state index is -2.36. The molecule has 2 nitrogen and oxygen atoms in total. The second-order valence-corrected chi connectivity index (χ2v) is 2.43. The van der Waals surface area contributed by atoms with Crippen LogP contribution < -0.4 is 0 Å². The van der Waals surface area contributed by atoms with Crippen LogP contribution in [0, 0.1) is 0 Å². The van der Waals surface area contributed by atoms with E-state index in [1.807, 2.05) is 0 Å². The Balaban J connectivity index is 2.36. The smallest absolute Gasteiger partial charge is 0.243 e. The summed E-state index contributed by atoms with van der Waals surface area (Å²) in [5.41, 5.74) is 0. The standard InChI is InChI=1S/C6H10F2O2/c1-6(4-5(7)8)9-2-3-10-6/h5H,2-4H2,1H3. The fourth-order valence-electron chi connectivity index (χ4n) is 0.955. The first kappa shape index (κ1) is 7.88. The Morgan fingerprint density at radius 1 is 1.40 bits per heavy atom. The van der Waals surface area contributed by atoms with Gasteiger partial charge >= 0.3 is 0 Å². The fourth-order valence-corrected chi connectivity index (χ4v) is 0.955. The fraction of sp³-hybridized carbons (Fsp3) is 1.00. The molecule has 0 atom stereocenters. The molecule has 4 heteroatoms. The molecule has 1 rings (SSSR count). The van der Waals surface area contributed by atoms with Gasteiger partial charge in [-0.05, 0) is 6.92 Å². The second kappa shape index (κ2) is 2.80. The molecule has 0 bridgehead atoms. The maximum Gasteiger partial charge on any atom is 0.243 e. The number of halogens is 2. The van der Waals surface area contributed by atoms with Crippen molar-refractivity contribution in [2.24, 2.45) is 0 Å². The van der Waals surface area contributed by atoms with Gasteiger partial charge in [-0.3, -0.25) is 0 Å². The predicted octanol–water partition coefficient (Wildman–Crippen LogP) is 1.40. The molecule has 60 valence electrons. The molecule has 1 aliphatic rings. The Labute approximate surface area is 58.1 Å². The zero-order valence-electron chi connectivity index (χ0n) is 5.77. The summed E-state index contributed by atoms with van der Waals surface area (Å²) < 4.78 is 33.4. The zero-order chi connectivity index (χ0) is 7.61. The van der Waals surface area contributed by atoms with E-state index in [0.717, 1.165) is 0 Å².